The van der Waals surface area contributed by atoms with Crippen LogP contribution in [0.5, 0.6) is 0 Å². The van der Waals surface area contributed by atoms with Gasteiger partial charge in [0.15, 0.2) is 5.52 Å². The number of benzene rings is 1. The Labute approximate surface area is 118 Å². The monoisotopic (exact) mass is 286 g/mol. The SMILES string of the molecule is Cn1c(=O)c2c([nH]c(=O)n2C)n(Cc2ccccc2)c1=O. The molecule has 7 heteroatoms. The molecule has 0 saturated heterocycles. The van der Waals surface area contributed by atoms with Crippen molar-refractivity contribution in [1.29, 1.82) is 0 Å². The second-order valence-corrected chi connectivity index (χ2v) is 4.90. The van der Waals surface area contributed by atoms with Gasteiger partial charge in [-0.05, 0) is 5.56 Å². The third-order valence-electron chi connectivity index (χ3n) is 3.57. The molecule has 2 aromatic heterocycles. The van der Waals surface area contributed by atoms with Gasteiger partial charge in [0.2, 0.25) is 0 Å². The van der Waals surface area contributed by atoms with Crippen LogP contribution < -0.4 is 16.9 Å². The van der Waals surface area contributed by atoms with Crippen LogP contribution in [0, 0.1) is 0 Å². The summed E-state index contributed by atoms with van der Waals surface area (Å²) < 4.78 is 3.63. The van der Waals surface area contributed by atoms with Crippen LogP contribution in [-0.4, -0.2) is 18.7 Å². The number of aryl methyl sites for hydroxylation is 1. The summed E-state index contributed by atoms with van der Waals surface area (Å²) >= 11 is 0. The number of H-pyrrole nitrogens is 1. The van der Waals surface area contributed by atoms with Crippen LogP contribution in [0.3, 0.4) is 0 Å². The van der Waals surface area contributed by atoms with Crippen molar-refractivity contribution in [2.45, 2.75) is 6.54 Å². The summed E-state index contributed by atoms with van der Waals surface area (Å²) in [6.45, 7) is 0.282. The maximum absolute atomic E-state index is 12.3. The normalized spacial score (nSPS) is 11.1. The molecule has 0 aliphatic heterocycles. The highest BCUT2D eigenvalue weighted by molar-refractivity contribution is 5.70. The number of aromatic nitrogens is 4. The minimum Gasteiger partial charge on any atom is -0.291 e. The van der Waals surface area contributed by atoms with Gasteiger partial charge in [0.05, 0.1) is 6.54 Å². The molecule has 0 spiro atoms. The van der Waals surface area contributed by atoms with Gasteiger partial charge in [0.1, 0.15) is 5.65 Å². The van der Waals surface area contributed by atoms with E-state index in [0.29, 0.717) is 0 Å². The number of hydrogen-bond acceptors (Lipinski definition) is 3. The molecule has 0 unspecified atom stereocenters. The second kappa shape index (κ2) is 4.62. The van der Waals surface area contributed by atoms with E-state index in [1.165, 1.54) is 23.2 Å². The van der Waals surface area contributed by atoms with Crippen molar-refractivity contribution in [1.82, 2.24) is 18.7 Å². The van der Waals surface area contributed by atoms with Gasteiger partial charge in [-0.25, -0.2) is 9.59 Å². The largest absolute Gasteiger partial charge is 0.332 e. The van der Waals surface area contributed by atoms with E-state index in [0.717, 1.165) is 10.1 Å². The topological polar surface area (TPSA) is 81.8 Å². The molecule has 3 aromatic rings. The first-order valence-corrected chi connectivity index (χ1v) is 6.43. The summed E-state index contributed by atoms with van der Waals surface area (Å²) in [7, 11) is 2.91. The maximum Gasteiger partial charge on any atom is 0.332 e. The number of aromatic amines is 1. The summed E-state index contributed by atoms with van der Waals surface area (Å²) in [6.07, 6.45) is 0. The highest BCUT2D eigenvalue weighted by Crippen LogP contribution is 2.06. The minimum absolute atomic E-state index is 0.193. The number of nitrogens with one attached hydrogen (secondary N) is 1. The van der Waals surface area contributed by atoms with Crippen LogP contribution in [0.1, 0.15) is 5.56 Å². The van der Waals surface area contributed by atoms with E-state index in [-0.39, 0.29) is 17.7 Å². The molecule has 0 fully saturated rings. The summed E-state index contributed by atoms with van der Waals surface area (Å²) in [5.41, 5.74) is -0.0189. The first kappa shape index (κ1) is 13.2. The molecule has 0 bridgehead atoms. The van der Waals surface area contributed by atoms with Crippen molar-refractivity contribution >= 4 is 11.2 Å². The van der Waals surface area contributed by atoms with Gasteiger partial charge in [-0.1, -0.05) is 30.3 Å². The molecule has 0 amide bonds. The molecule has 108 valence electrons. The number of nitrogens with zero attached hydrogens (tertiary/aromatic N) is 3. The van der Waals surface area contributed by atoms with Crippen molar-refractivity contribution in [2.75, 3.05) is 0 Å². The van der Waals surface area contributed by atoms with E-state index in [1.54, 1.807) is 0 Å². The highest BCUT2D eigenvalue weighted by Gasteiger charge is 2.16. The Morgan fingerprint density at radius 2 is 1.67 bits per heavy atom. The van der Waals surface area contributed by atoms with Crippen LogP contribution in [0.25, 0.3) is 11.2 Å². The van der Waals surface area contributed by atoms with Crippen molar-refractivity contribution in [3.05, 3.63) is 67.2 Å². The third-order valence-corrected chi connectivity index (χ3v) is 3.57. The first-order valence-electron chi connectivity index (χ1n) is 6.43. The average Bonchev–Trinajstić information content (AvgIpc) is 2.78. The van der Waals surface area contributed by atoms with Crippen LogP contribution in [0.4, 0.5) is 0 Å². The standard InChI is InChI=1S/C14H14N4O3/c1-16-10-11(15-13(16)20)18(14(21)17(2)12(10)19)8-9-6-4-3-5-7-9/h3-7H,8H2,1-2H3,(H,15,20). The van der Waals surface area contributed by atoms with E-state index in [4.69, 9.17) is 0 Å². The summed E-state index contributed by atoms with van der Waals surface area (Å²) in [5.74, 6) is 0. The maximum atomic E-state index is 12.3. The van der Waals surface area contributed by atoms with Crippen molar-refractivity contribution < 1.29 is 0 Å². The van der Waals surface area contributed by atoms with Crippen molar-refractivity contribution in [3.8, 4) is 0 Å². The van der Waals surface area contributed by atoms with Gasteiger partial charge >= 0.3 is 11.4 Å². The Kier molecular flexibility index (Phi) is 2.90. The quantitative estimate of drug-likeness (QED) is 0.707. The zero-order chi connectivity index (χ0) is 15.1. The number of imidazole rings is 1. The molecular formula is C14H14N4O3. The van der Waals surface area contributed by atoms with Crippen LogP contribution in [0.2, 0.25) is 0 Å². The van der Waals surface area contributed by atoms with Gasteiger partial charge in [-0.15, -0.1) is 0 Å². The lowest BCUT2D eigenvalue weighted by atomic mass is 10.2. The summed E-state index contributed by atoms with van der Waals surface area (Å²) in [5, 5.41) is 0. The zero-order valence-electron chi connectivity index (χ0n) is 11.7. The molecule has 21 heavy (non-hydrogen) atoms. The molecule has 1 aromatic carbocycles. The molecule has 7 nitrogen and oxygen atoms in total. The molecule has 2 heterocycles. The fourth-order valence-corrected chi connectivity index (χ4v) is 2.38. The lowest BCUT2D eigenvalue weighted by molar-refractivity contribution is 0.667. The molecule has 3 rings (SSSR count). The Bertz CT molecular complexity index is 989. The van der Waals surface area contributed by atoms with Gasteiger partial charge in [-0.2, -0.15) is 0 Å². The summed E-state index contributed by atoms with van der Waals surface area (Å²) in [6, 6.07) is 9.38. The van der Waals surface area contributed by atoms with Crippen molar-refractivity contribution in [3.63, 3.8) is 0 Å². The fraction of sp³-hybridized carbons (Fsp3) is 0.214. The summed E-state index contributed by atoms with van der Waals surface area (Å²) in [4.78, 5) is 38.8. The molecule has 0 aliphatic rings. The number of fused-ring (bicyclic) bond motifs is 1. The molecule has 0 aliphatic carbocycles. The van der Waals surface area contributed by atoms with Crippen LogP contribution in [0.15, 0.2) is 44.7 Å². The lowest BCUT2D eigenvalue weighted by Gasteiger charge is -2.09. The fourth-order valence-electron chi connectivity index (χ4n) is 2.38. The Morgan fingerprint density at radius 3 is 2.33 bits per heavy atom. The lowest BCUT2D eigenvalue weighted by Crippen LogP contribution is -2.38. The first-order chi connectivity index (χ1) is 10.0. The zero-order valence-corrected chi connectivity index (χ0v) is 11.7. The molecule has 0 radical (unpaired) electrons. The van der Waals surface area contributed by atoms with E-state index in [1.807, 2.05) is 30.3 Å². The van der Waals surface area contributed by atoms with Crippen molar-refractivity contribution in [2.24, 2.45) is 14.1 Å². The molecular weight excluding hydrogens is 272 g/mol. The van der Waals surface area contributed by atoms with Gasteiger partial charge in [0.25, 0.3) is 5.56 Å². The second-order valence-electron chi connectivity index (χ2n) is 4.90. The van der Waals surface area contributed by atoms with Gasteiger partial charge in [-0.3, -0.25) is 23.5 Å². The van der Waals surface area contributed by atoms with E-state index >= 15 is 0 Å². The average molecular weight is 286 g/mol. The smallest absolute Gasteiger partial charge is 0.291 e. The number of hydrogen-bond donors (Lipinski definition) is 1. The van der Waals surface area contributed by atoms with Gasteiger partial charge in [0, 0.05) is 14.1 Å². The third kappa shape index (κ3) is 1.94. The van der Waals surface area contributed by atoms with E-state index in [9.17, 15) is 14.4 Å². The Hall–Kier alpha value is -2.83. The highest BCUT2D eigenvalue weighted by atomic mass is 16.2. The molecule has 1 N–H and O–H groups in total. The van der Waals surface area contributed by atoms with Crippen LogP contribution >= 0.6 is 0 Å². The van der Waals surface area contributed by atoms with Gasteiger partial charge < -0.3 is 0 Å². The van der Waals surface area contributed by atoms with Crippen LogP contribution in [-0.2, 0) is 20.6 Å². The Balaban J connectivity index is 2.37. The predicted molar refractivity (Wildman–Crippen MR) is 78.6 cm³/mol. The molecule has 0 saturated carbocycles. The molecule has 0 atom stereocenters. The Morgan fingerprint density at radius 1 is 1.00 bits per heavy atom. The minimum atomic E-state index is -0.486. The van der Waals surface area contributed by atoms with E-state index < -0.39 is 16.9 Å². The van der Waals surface area contributed by atoms with E-state index in [2.05, 4.69) is 4.98 Å². The predicted octanol–water partition coefficient (Wildman–Crippen LogP) is -0.225. The number of rotatable bonds is 2.